The van der Waals surface area contributed by atoms with Crippen LogP contribution >= 0.6 is 0 Å². The summed E-state index contributed by atoms with van der Waals surface area (Å²) in [5, 5.41) is 18.2. The highest BCUT2D eigenvalue weighted by atomic mass is 16.6. The Morgan fingerprint density at radius 2 is 1.94 bits per heavy atom. The van der Waals surface area contributed by atoms with E-state index >= 15 is 0 Å². The molecular weight excluding hydrogens is 396 g/mol. The number of nitro groups is 1. The van der Waals surface area contributed by atoms with Crippen molar-refractivity contribution in [2.75, 3.05) is 16.4 Å². The molecule has 31 heavy (non-hydrogen) atoms. The van der Waals surface area contributed by atoms with Gasteiger partial charge >= 0.3 is 0 Å². The molecule has 152 valence electrons. The molecule has 4 N–H and O–H groups in total. The number of carbonyl (C=O) groups excluding carboxylic acids is 1. The van der Waals surface area contributed by atoms with Crippen molar-refractivity contribution in [3.63, 3.8) is 0 Å². The quantitative estimate of drug-likeness (QED) is 0.341. The van der Waals surface area contributed by atoms with Crippen LogP contribution in [0.2, 0.25) is 0 Å². The van der Waals surface area contributed by atoms with Gasteiger partial charge in [0.1, 0.15) is 11.7 Å². The molecular formula is C22H16N6O3. The smallest absolute Gasteiger partial charge is 0.269 e. The number of anilines is 4. The van der Waals surface area contributed by atoms with E-state index in [2.05, 4.69) is 15.6 Å². The number of benzene rings is 2. The van der Waals surface area contributed by atoms with Crippen LogP contribution in [0.4, 0.5) is 28.6 Å². The van der Waals surface area contributed by atoms with Crippen molar-refractivity contribution >= 4 is 45.4 Å². The van der Waals surface area contributed by atoms with Crippen molar-refractivity contribution in [2.24, 2.45) is 0 Å². The molecule has 0 saturated heterocycles. The molecule has 0 radical (unpaired) electrons. The SMILES string of the molecule is Nc1ccc(Nc2cc(C3C(=O)Nc4ccc([N+](=O)[O-])cc43)nc3ccccc23)cn1. The zero-order valence-electron chi connectivity index (χ0n) is 16.1. The molecule has 1 amide bonds. The minimum atomic E-state index is -0.760. The van der Waals surface area contributed by atoms with Gasteiger partial charge < -0.3 is 16.4 Å². The van der Waals surface area contributed by atoms with E-state index in [1.165, 1.54) is 12.1 Å². The molecule has 0 bridgehead atoms. The van der Waals surface area contributed by atoms with E-state index in [0.717, 1.165) is 16.8 Å². The number of hydrogen-bond donors (Lipinski definition) is 3. The third-order valence-electron chi connectivity index (χ3n) is 5.17. The average Bonchev–Trinajstić information content (AvgIpc) is 3.10. The summed E-state index contributed by atoms with van der Waals surface area (Å²) in [7, 11) is 0. The second kappa shape index (κ2) is 7.06. The number of nitro benzene ring substituents is 1. The van der Waals surface area contributed by atoms with E-state index in [4.69, 9.17) is 10.7 Å². The molecule has 2 aromatic carbocycles. The molecule has 4 aromatic rings. The summed E-state index contributed by atoms with van der Waals surface area (Å²) in [6, 6.07) is 17.2. The second-order valence-corrected chi connectivity index (χ2v) is 7.16. The summed E-state index contributed by atoms with van der Waals surface area (Å²) < 4.78 is 0. The van der Waals surface area contributed by atoms with Gasteiger partial charge in [-0.2, -0.15) is 0 Å². The lowest BCUT2D eigenvalue weighted by atomic mass is 9.95. The summed E-state index contributed by atoms with van der Waals surface area (Å²) in [5.41, 5.74) is 9.31. The lowest BCUT2D eigenvalue weighted by molar-refractivity contribution is -0.384. The van der Waals surface area contributed by atoms with Gasteiger partial charge in [-0.05, 0) is 30.3 Å². The monoisotopic (exact) mass is 412 g/mol. The highest BCUT2D eigenvalue weighted by molar-refractivity contribution is 6.06. The number of nitrogen functional groups attached to an aromatic ring is 1. The number of rotatable bonds is 4. The maximum Gasteiger partial charge on any atom is 0.269 e. The van der Waals surface area contributed by atoms with E-state index in [1.807, 2.05) is 24.3 Å². The van der Waals surface area contributed by atoms with Gasteiger partial charge in [0.2, 0.25) is 5.91 Å². The Morgan fingerprint density at radius 3 is 2.71 bits per heavy atom. The topological polar surface area (TPSA) is 136 Å². The van der Waals surface area contributed by atoms with Gasteiger partial charge in [-0.15, -0.1) is 0 Å². The molecule has 0 fully saturated rings. The van der Waals surface area contributed by atoms with Gasteiger partial charge in [0, 0.05) is 34.5 Å². The predicted molar refractivity (Wildman–Crippen MR) is 117 cm³/mol. The van der Waals surface area contributed by atoms with Crippen LogP contribution in [0.5, 0.6) is 0 Å². The number of para-hydroxylation sites is 1. The van der Waals surface area contributed by atoms with E-state index < -0.39 is 10.8 Å². The van der Waals surface area contributed by atoms with Crippen LogP contribution < -0.4 is 16.4 Å². The number of aromatic nitrogens is 2. The van der Waals surface area contributed by atoms with Crippen LogP contribution in [0.1, 0.15) is 17.2 Å². The van der Waals surface area contributed by atoms with E-state index in [-0.39, 0.29) is 11.6 Å². The van der Waals surface area contributed by atoms with Crippen LogP contribution in [0.25, 0.3) is 10.9 Å². The summed E-state index contributed by atoms with van der Waals surface area (Å²) in [4.78, 5) is 32.3. The van der Waals surface area contributed by atoms with Gasteiger partial charge in [-0.3, -0.25) is 19.9 Å². The lowest BCUT2D eigenvalue weighted by Gasteiger charge is -2.15. The fraction of sp³-hybridized carbons (Fsp3) is 0.0455. The molecule has 5 rings (SSSR count). The third kappa shape index (κ3) is 3.27. The van der Waals surface area contributed by atoms with Crippen LogP contribution in [0.15, 0.2) is 66.9 Å². The Balaban J connectivity index is 1.65. The minimum absolute atomic E-state index is 0.0765. The number of carbonyl (C=O) groups is 1. The number of amides is 1. The highest BCUT2D eigenvalue weighted by Crippen LogP contribution is 2.40. The first kappa shape index (κ1) is 18.5. The van der Waals surface area contributed by atoms with Crippen LogP contribution in [-0.4, -0.2) is 20.8 Å². The van der Waals surface area contributed by atoms with Crippen molar-refractivity contribution in [3.8, 4) is 0 Å². The molecule has 1 aliphatic rings. The summed E-state index contributed by atoms with van der Waals surface area (Å²) in [6.07, 6.45) is 1.62. The molecule has 0 aliphatic carbocycles. The van der Waals surface area contributed by atoms with Crippen molar-refractivity contribution in [2.45, 2.75) is 5.92 Å². The molecule has 3 heterocycles. The zero-order chi connectivity index (χ0) is 21.5. The van der Waals surface area contributed by atoms with Gasteiger partial charge in [0.15, 0.2) is 0 Å². The van der Waals surface area contributed by atoms with E-state index in [1.54, 1.807) is 30.5 Å². The Bertz CT molecular complexity index is 1350. The lowest BCUT2D eigenvalue weighted by Crippen LogP contribution is -2.15. The van der Waals surface area contributed by atoms with E-state index in [0.29, 0.717) is 28.3 Å². The van der Waals surface area contributed by atoms with Crippen molar-refractivity contribution in [3.05, 3.63) is 88.2 Å². The minimum Gasteiger partial charge on any atom is -0.384 e. The largest absolute Gasteiger partial charge is 0.384 e. The summed E-state index contributed by atoms with van der Waals surface area (Å²) in [6.45, 7) is 0. The fourth-order valence-electron chi connectivity index (χ4n) is 3.74. The second-order valence-electron chi connectivity index (χ2n) is 7.16. The first-order valence-corrected chi connectivity index (χ1v) is 9.47. The normalized spacial score (nSPS) is 14.8. The Morgan fingerprint density at radius 1 is 1.10 bits per heavy atom. The first-order chi connectivity index (χ1) is 15.0. The molecule has 1 aliphatic heterocycles. The highest BCUT2D eigenvalue weighted by Gasteiger charge is 2.35. The number of nitrogens with zero attached hydrogens (tertiary/aromatic N) is 3. The summed E-state index contributed by atoms with van der Waals surface area (Å²) >= 11 is 0. The van der Waals surface area contributed by atoms with Crippen molar-refractivity contribution < 1.29 is 9.72 Å². The number of fused-ring (bicyclic) bond motifs is 2. The number of pyridine rings is 2. The first-order valence-electron chi connectivity index (χ1n) is 9.47. The maximum absolute atomic E-state index is 12.8. The van der Waals surface area contributed by atoms with Crippen LogP contribution in [0, 0.1) is 10.1 Å². The Labute approximate surface area is 176 Å². The molecule has 9 nitrogen and oxygen atoms in total. The molecule has 2 aromatic heterocycles. The maximum atomic E-state index is 12.8. The molecule has 9 heteroatoms. The van der Waals surface area contributed by atoms with Crippen molar-refractivity contribution in [1.29, 1.82) is 0 Å². The number of non-ortho nitro benzene ring substituents is 1. The van der Waals surface area contributed by atoms with Gasteiger partial charge in [0.05, 0.1) is 28.0 Å². The molecule has 1 unspecified atom stereocenters. The van der Waals surface area contributed by atoms with Crippen molar-refractivity contribution in [1.82, 2.24) is 9.97 Å². The predicted octanol–water partition coefficient (Wildman–Crippen LogP) is 3.95. The van der Waals surface area contributed by atoms with E-state index in [9.17, 15) is 14.9 Å². The zero-order valence-corrected chi connectivity index (χ0v) is 16.1. The number of nitrogens with one attached hydrogen (secondary N) is 2. The fourth-order valence-corrected chi connectivity index (χ4v) is 3.74. The standard InChI is InChI=1S/C22H16N6O3/c23-20-8-5-12(11-24-20)25-18-10-19(26-16-4-2-1-3-14(16)18)21-15-9-13(28(30)31)6-7-17(15)27-22(21)29/h1-11,21H,(H2,23,24)(H,25,26)(H,27,29). The molecule has 0 saturated carbocycles. The van der Waals surface area contributed by atoms with Crippen LogP contribution in [-0.2, 0) is 4.79 Å². The summed E-state index contributed by atoms with van der Waals surface area (Å²) in [5.74, 6) is -0.630. The van der Waals surface area contributed by atoms with Gasteiger partial charge in [-0.1, -0.05) is 18.2 Å². The number of hydrogen-bond acceptors (Lipinski definition) is 7. The molecule has 0 spiro atoms. The third-order valence-corrected chi connectivity index (χ3v) is 5.17. The number of nitrogens with two attached hydrogens (primary N) is 1. The van der Waals surface area contributed by atoms with Crippen LogP contribution in [0.3, 0.4) is 0 Å². The Hall–Kier alpha value is -4.53. The Kier molecular flexibility index (Phi) is 4.21. The molecule has 1 atom stereocenters. The van der Waals surface area contributed by atoms with Gasteiger partial charge in [-0.25, -0.2) is 4.98 Å². The van der Waals surface area contributed by atoms with Gasteiger partial charge in [0.25, 0.3) is 5.69 Å². The average molecular weight is 412 g/mol.